The second-order valence-electron chi connectivity index (χ2n) is 3.00. The molecular weight excluding hydrogens is 164 g/mol. The van der Waals surface area contributed by atoms with E-state index in [4.69, 9.17) is 10.5 Å². The summed E-state index contributed by atoms with van der Waals surface area (Å²) in [5, 5.41) is 0. The predicted octanol–water partition coefficient (Wildman–Crippen LogP) is 1.90. The molecule has 0 spiro atoms. The topological polar surface area (TPSA) is 47.6 Å². The fourth-order valence-electron chi connectivity index (χ4n) is 1.19. The highest BCUT2D eigenvalue weighted by atomic mass is 16.5. The number of aliphatic imine (C=N–C) groups is 1. The van der Waals surface area contributed by atoms with Crippen LogP contribution in [0.15, 0.2) is 23.2 Å². The minimum absolute atomic E-state index is 0.185. The van der Waals surface area contributed by atoms with Crippen LogP contribution < -0.4 is 5.73 Å². The summed E-state index contributed by atoms with van der Waals surface area (Å²) >= 11 is 0. The van der Waals surface area contributed by atoms with Gasteiger partial charge in [0.2, 0.25) is 0 Å². The van der Waals surface area contributed by atoms with Gasteiger partial charge in [0.15, 0.2) is 0 Å². The molecule has 2 N–H and O–H groups in total. The maximum atomic E-state index is 5.43. The van der Waals surface area contributed by atoms with E-state index in [-0.39, 0.29) is 6.02 Å². The highest BCUT2D eigenvalue weighted by Gasteiger charge is 1.95. The molecule has 0 aliphatic carbocycles. The lowest BCUT2D eigenvalue weighted by atomic mass is 10.1. The molecule has 1 rings (SSSR count). The fraction of sp³-hybridized carbons (Fsp3) is 0.300. The van der Waals surface area contributed by atoms with Gasteiger partial charge in [-0.15, -0.1) is 0 Å². The number of rotatable bonds is 1. The first-order valence-electron chi connectivity index (χ1n) is 4.08. The molecule has 1 aromatic carbocycles. The maximum absolute atomic E-state index is 5.43. The van der Waals surface area contributed by atoms with Gasteiger partial charge in [0.25, 0.3) is 6.02 Å². The average Bonchev–Trinajstić information content (AvgIpc) is 2.02. The summed E-state index contributed by atoms with van der Waals surface area (Å²) in [4.78, 5) is 4.07. The van der Waals surface area contributed by atoms with E-state index in [9.17, 15) is 0 Å². The highest BCUT2D eigenvalue weighted by molar-refractivity contribution is 5.75. The zero-order chi connectivity index (χ0) is 9.84. The van der Waals surface area contributed by atoms with Crippen LogP contribution in [0.4, 0.5) is 5.69 Å². The average molecular weight is 178 g/mol. The van der Waals surface area contributed by atoms with Gasteiger partial charge >= 0.3 is 0 Å². The summed E-state index contributed by atoms with van der Waals surface area (Å²) in [5.41, 5.74) is 8.60. The first-order valence-corrected chi connectivity index (χ1v) is 4.08. The van der Waals surface area contributed by atoms with Crippen LogP contribution in [0.5, 0.6) is 0 Å². The number of hydrogen-bond acceptors (Lipinski definition) is 2. The van der Waals surface area contributed by atoms with Crippen molar-refractivity contribution in [2.75, 3.05) is 7.11 Å². The number of hydrogen-bond donors (Lipinski definition) is 1. The molecule has 0 heterocycles. The third-order valence-corrected chi connectivity index (χ3v) is 1.65. The zero-order valence-corrected chi connectivity index (χ0v) is 8.16. The quantitative estimate of drug-likeness (QED) is 0.527. The molecular formula is C10H14N2O. The fourth-order valence-corrected chi connectivity index (χ4v) is 1.19. The number of ether oxygens (including phenoxy) is 1. The first-order chi connectivity index (χ1) is 6.11. The summed E-state index contributed by atoms with van der Waals surface area (Å²) < 4.78 is 4.76. The Bertz CT molecular complexity index is 311. The van der Waals surface area contributed by atoms with E-state index < -0.39 is 0 Å². The lowest BCUT2D eigenvalue weighted by Crippen LogP contribution is -2.12. The molecule has 70 valence electrons. The molecule has 3 heteroatoms. The van der Waals surface area contributed by atoms with Crippen molar-refractivity contribution in [3.63, 3.8) is 0 Å². The molecule has 0 saturated heterocycles. The molecule has 0 aromatic heterocycles. The summed E-state index contributed by atoms with van der Waals surface area (Å²) in [6, 6.07) is 6.18. The largest absolute Gasteiger partial charge is 0.469 e. The molecule has 0 atom stereocenters. The van der Waals surface area contributed by atoms with Crippen LogP contribution in [0.3, 0.4) is 0 Å². The molecule has 0 bridgehead atoms. The number of amidine groups is 1. The van der Waals surface area contributed by atoms with Crippen molar-refractivity contribution in [1.29, 1.82) is 0 Å². The van der Waals surface area contributed by atoms with Gasteiger partial charge in [-0.1, -0.05) is 6.07 Å². The molecule has 3 nitrogen and oxygen atoms in total. The molecule has 0 unspecified atom stereocenters. The number of aryl methyl sites for hydroxylation is 2. The highest BCUT2D eigenvalue weighted by Crippen LogP contribution is 2.16. The third kappa shape index (κ3) is 2.78. The van der Waals surface area contributed by atoms with Crippen molar-refractivity contribution in [3.8, 4) is 0 Å². The Morgan fingerprint density at radius 3 is 2.23 bits per heavy atom. The standard InChI is InChI=1S/C10H14N2O/c1-7-4-8(2)6-9(5-7)12-10(11)13-3/h4-6H,1-3H3,(H2,11,12). The minimum atomic E-state index is 0.185. The lowest BCUT2D eigenvalue weighted by Gasteiger charge is -2.01. The molecule has 0 fully saturated rings. The maximum Gasteiger partial charge on any atom is 0.286 e. The second-order valence-corrected chi connectivity index (χ2v) is 3.00. The van der Waals surface area contributed by atoms with E-state index in [1.807, 2.05) is 26.0 Å². The summed E-state index contributed by atoms with van der Waals surface area (Å²) in [6.07, 6.45) is 0. The van der Waals surface area contributed by atoms with Gasteiger partial charge in [0, 0.05) is 0 Å². The van der Waals surface area contributed by atoms with Crippen LogP contribution in [0.1, 0.15) is 11.1 Å². The lowest BCUT2D eigenvalue weighted by molar-refractivity contribution is 0.397. The van der Waals surface area contributed by atoms with E-state index in [1.165, 1.54) is 18.2 Å². The van der Waals surface area contributed by atoms with Crippen LogP contribution in [0.2, 0.25) is 0 Å². The number of methoxy groups -OCH3 is 1. The summed E-state index contributed by atoms with van der Waals surface area (Å²) in [6.45, 7) is 4.05. The van der Waals surface area contributed by atoms with Gasteiger partial charge in [0.1, 0.15) is 0 Å². The van der Waals surface area contributed by atoms with Crippen molar-refractivity contribution < 1.29 is 4.74 Å². The number of nitrogens with two attached hydrogens (primary N) is 1. The van der Waals surface area contributed by atoms with E-state index in [2.05, 4.69) is 11.1 Å². The molecule has 1 aromatic rings. The molecule has 0 aliphatic heterocycles. The van der Waals surface area contributed by atoms with E-state index >= 15 is 0 Å². The van der Waals surface area contributed by atoms with E-state index in [0.29, 0.717) is 0 Å². The first kappa shape index (κ1) is 9.58. The Balaban J connectivity index is 3.02. The normalized spacial score (nSPS) is 11.5. The molecule has 0 amide bonds. The van der Waals surface area contributed by atoms with Crippen LogP contribution in [-0.4, -0.2) is 13.1 Å². The van der Waals surface area contributed by atoms with Crippen LogP contribution in [-0.2, 0) is 4.74 Å². The van der Waals surface area contributed by atoms with Crippen molar-refractivity contribution >= 4 is 11.7 Å². The second kappa shape index (κ2) is 3.94. The predicted molar refractivity (Wildman–Crippen MR) is 54.2 cm³/mol. The van der Waals surface area contributed by atoms with Gasteiger partial charge in [-0.3, -0.25) is 0 Å². The summed E-state index contributed by atoms with van der Waals surface area (Å²) in [5.74, 6) is 0. The Morgan fingerprint density at radius 1 is 1.23 bits per heavy atom. The SMILES string of the molecule is COC(N)=Nc1cc(C)cc(C)c1. The number of nitrogens with zero attached hydrogens (tertiary/aromatic N) is 1. The Labute approximate surface area is 78.2 Å². The van der Waals surface area contributed by atoms with Crippen molar-refractivity contribution in [2.24, 2.45) is 10.7 Å². The Kier molecular flexibility index (Phi) is 2.90. The third-order valence-electron chi connectivity index (χ3n) is 1.65. The van der Waals surface area contributed by atoms with Gasteiger partial charge < -0.3 is 10.5 Å². The van der Waals surface area contributed by atoms with Crippen LogP contribution >= 0.6 is 0 Å². The van der Waals surface area contributed by atoms with Crippen molar-refractivity contribution in [1.82, 2.24) is 0 Å². The molecule has 0 radical (unpaired) electrons. The zero-order valence-electron chi connectivity index (χ0n) is 8.16. The monoisotopic (exact) mass is 178 g/mol. The van der Waals surface area contributed by atoms with Crippen LogP contribution in [0, 0.1) is 13.8 Å². The summed E-state index contributed by atoms with van der Waals surface area (Å²) in [7, 11) is 1.50. The van der Waals surface area contributed by atoms with E-state index in [0.717, 1.165) is 5.69 Å². The van der Waals surface area contributed by atoms with Gasteiger partial charge in [-0.2, -0.15) is 4.99 Å². The smallest absolute Gasteiger partial charge is 0.286 e. The Hall–Kier alpha value is -1.51. The van der Waals surface area contributed by atoms with E-state index in [1.54, 1.807) is 0 Å². The molecule has 0 saturated carbocycles. The van der Waals surface area contributed by atoms with Gasteiger partial charge in [0.05, 0.1) is 12.8 Å². The molecule has 13 heavy (non-hydrogen) atoms. The van der Waals surface area contributed by atoms with Crippen molar-refractivity contribution in [2.45, 2.75) is 13.8 Å². The van der Waals surface area contributed by atoms with Gasteiger partial charge in [-0.05, 0) is 37.1 Å². The van der Waals surface area contributed by atoms with Gasteiger partial charge in [-0.25, -0.2) is 0 Å². The van der Waals surface area contributed by atoms with Crippen molar-refractivity contribution in [3.05, 3.63) is 29.3 Å². The number of benzene rings is 1. The molecule has 0 aliphatic rings. The van der Waals surface area contributed by atoms with Crippen LogP contribution in [0.25, 0.3) is 0 Å². The minimum Gasteiger partial charge on any atom is -0.469 e. The Morgan fingerprint density at radius 2 is 1.77 bits per heavy atom.